The van der Waals surface area contributed by atoms with E-state index in [4.69, 9.17) is 23.2 Å². The van der Waals surface area contributed by atoms with Crippen LogP contribution in [0.3, 0.4) is 0 Å². The summed E-state index contributed by atoms with van der Waals surface area (Å²) in [5.41, 5.74) is -0.0931. The van der Waals surface area contributed by atoms with Gasteiger partial charge in [0.25, 0.3) is 11.6 Å². The summed E-state index contributed by atoms with van der Waals surface area (Å²) in [6.45, 7) is 3.76. The molecule has 1 fully saturated rings. The second-order valence-electron chi connectivity index (χ2n) is 6.73. The fraction of sp³-hybridized carbons (Fsp3) is 0.421. The van der Waals surface area contributed by atoms with E-state index in [9.17, 15) is 14.9 Å². The van der Waals surface area contributed by atoms with Gasteiger partial charge in [-0.3, -0.25) is 14.9 Å². The Balaban J connectivity index is 1.61. The van der Waals surface area contributed by atoms with Crippen LogP contribution in [0.2, 0.25) is 10.0 Å². The zero-order valence-corrected chi connectivity index (χ0v) is 18.8. The molecule has 2 aromatic rings. The van der Waals surface area contributed by atoms with Crippen molar-refractivity contribution < 1.29 is 9.72 Å². The van der Waals surface area contributed by atoms with Crippen molar-refractivity contribution >= 4 is 57.9 Å². The van der Waals surface area contributed by atoms with Crippen LogP contribution in [-0.4, -0.2) is 41.9 Å². The number of hydrogen-bond acceptors (Lipinski definition) is 6. The van der Waals surface area contributed by atoms with Crippen LogP contribution in [0, 0.1) is 10.1 Å². The monoisotopic (exact) mass is 473 g/mol. The SMILES string of the molecule is O=C(NCCCN1CCCCC1)c1cc([N+](=O)[O-])c(Sc2ccc(Cl)cc2Cl)s1. The van der Waals surface area contributed by atoms with Crippen LogP contribution in [0.15, 0.2) is 33.4 Å². The van der Waals surface area contributed by atoms with E-state index in [2.05, 4.69) is 10.2 Å². The van der Waals surface area contributed by atoms with E-state index in [-0.39, 0.29) is 11.6 Å². The molecule has 0 unspecified atom stereocenters. The van der Waals surface area contributed by atoms with Crippen molar-refractivity contribution in [3.05, 3.63) is 49.3 Å². The Morgan fingerprint density at radius 2 is 2.00 bits per heavy atom. The van der Waals surface area contributed by atoms with Crippen molar-refractivity contribution in [2.75, 3.05) is 26.2 Å². The number of nitrogens with one attached hydrogen (secondary N) is 1. The van der Waals surface area contributed by atoms with E-state index < -0.39 is 4.92 Å². The maximum absolute atomic E-state index is 12.5. The number of benzene rings is 1. The first-order chi connectivity index (χ1) is 13.9. The molecule has 0 spiro atoms. The van der Waals surface area contributed by atoms with Crippen LogP contribution in [0.1, 0.15) is 35.4 Å². The lowest BCUT2D eigenvalue weighted by molar-refractivity contribution is -0.387. The molecule has 0 radical (unpaired) electrons. The molecule has 156 valence electrons. The van der Waals surface area contributed by atoms with Gasteiger partial charge < -0.3 is 10.2 Å². The number of likely N-dealkylation sites (tertiary alicyclic amines) is 1. The van der Waals surface area contributed by atoms with Crippen molar-refractivity contribution in [1.29, 1.82) is 0 Å². The van der Waals surface area contributed by atoms with Gasteiger partial charge in [0.05, 0.1) is 9.95 Å². The van der Waals surface area contributed by atoms with Crippen LogP contribution in [0.5, 0.6) is 0 Å². The number of rotatable bonds is 8. The summed E-state index contributed by atoms with van der Waals surface area (Å²) >= 11 is 14.3. The molecular formula is C19H21Cl2N3O3S2. The van der Waals surface area contributed by atoms with Gasteiger partial charge in [-0.2, -0.15) is 0 Å². The average Bonchev–Trinajstić information content (AvgIpc) is 3.12. The minimum atomic E-state index is -0.476. The lowest BCUT2D eigenvalue weighted by Crippen LogP contribution is -2.33. The summed E-state index contributed by atoms with van der Waals surface area (Å²) in [5, 5.41) is 15.2. The molecule has 2 heterocycles. The molecule has 1 saturated heterocycles. The number of piperidine rings is 1. The van der Waals surface area contributed by atoms with Crippen molar-refractivity contribution in [3.63, 3.8) is 0 Å². The molecule has 1 amide bonds. The van der Waals surface area contributed by atoms with Crippen LogP contribution >= 0.6 is 46.3 Å². The first kappa shape index (κ1) is 22.4. The molecule has 29 heavy (non-hydrogen) atoms. The minimum Gasteiger partial charge on any atom is -0.351 e. The van der Waals surface area contributed by atoms with Crippen molar-refractivity contribution in [2.45, 2.75) is 34.8 Å². The highest BCUT2D eigenvalue weighted by atomic mass is 35.5. The molecule has 6 nitrogen and oxygen atoms in total. The number of halogens is 2. The second-order valence-corrected chi connectivity index (χ2v) is 9.94. The van der Waals surface area contributed by atoms with E-state index in [1.165, 1.54) is 25.3 Å². The number of nitro groups is 1. The number of nitrogens with zero attached hydrogens (tertiary/aromatic N) is 2. The van der Waals surface area contributed by atoms with E-state index in [1.54, 1.807) is 18.2 Å². The third kappa shape index (κ3) is 6.33. The lowest BCUT2D eigenvalue weighted by atomic mass is 10.1. The summed E-state index contributed by atoms with van der Waals surface area (Å²) < 4.78 is 0.415. The molecule has 0 aliphatic carbocycles. The number of thiophene rings is 1. The normalized spacial score (nSPS) is 14.7. The van der Waals surface area contributed by atoms with Crippen LogP contribution in [0.4, 0.5) is 5.69 Å². The van der Waals surface area contributed by atoms with E-state index in [0.29, 0.717) is 30.6 Å². The Kier molecular flexibility index (Phi) is 8.20. The summed E-state index contributed by atoms with van der Waals surface area (Å²) in [6, 6.07) is 6.29. The number of amides is 1. The van der Waals surface area contributed by atoms with Gasteiger partial charge in [-0.05, 0) is 57.1 Å². The standard InChI is InChI=1S/C19H21Cl2N3O3S2/c20-13-5-6-16(14(21)11-13)28-19-15(24(26)27)12-17(29-19)18(25)22-7-4-10-23-8-2-1-3-9-23/h5-6,11-12H,1-4,7-10H2,(H,22,25). The zero-order valence-electron chi connectivity index (χ0n) is 15.7. The quantitative estimate of drug-likeness (QED) is 0.301. The summed E-state index contributed by atoms with van der Waals surface area (Å²) in [5.74, 6) is -0.286. The molecule has 10 heteroatoms. The zero-order chi connectivity index (χ0) is 20.8. The largest absolute Gasteiger partial charge is 0.351 e. The Labute approximate surface area is 187 Å². The molecule has 1 aromatic carbocycles. The predicted molar refractivity (Wildman–Crippen MR) is 119 cm³/mol. The summed E-state index contributed by atoms with van der Waals surface area (Å²) in [4.78, 5) is 26.8. The molecule has 3 rings (SSSR count). The lowest BCUT2D eigenvalue weighted by Gasteiger charge is -2.26. The molecule has 1 aromatic heterocycles. The second kappa shape index (κ2) is 10.6. The first-order valence-electron chi connectivity index (χ1n) is 9.35. The van der Waals surface area contributed by atoms with E-state index >= 15 is 0 Å². The van der Waals surface area contributed by atoms with Gasteiger partial charge in [0.2, 0.25) is 0 Å². The molecule has 1 aliphatic rings. The van der Waals surface area contributed by atoms with Crippen LogP contribution < -0.4 is 5.32 Å². The summed E-state index contributed by atoms with van der Waals surface area (Å²) in [7, 11) is 0. The van der Waals surface area contributed by atoms with Gasteiger partial charge in [-0.15, -0.1) is 11.3 Å². The number of hydrogen-bond donors (Lipinski definition) is 1. The topological polar surface area (TPSA) is 75.5 Å². The number of carbonyl (C=O) groups excluding carboxylic acids is 1. The molecule has 1 N–H and O–H groups in total. The third-order valence-corrected chi connectivity index (χ3v) is 7.63. The van der Waals surface area contributed by atoms with Gasteiger partial charge in [-0.25, -0.2) is 0 Å². The molecule has 0 bridgehead atoms. The maximum atomic E-state index is 12.5. The molecular weight excluding hydrogens is 453 g/mol. The van der Waals surface area contributed by atoms with Gasteiger partial charge in [0.15, 0.2) is 0 Å². The number of carbonyl (C=O) groups is 1. The predicted octanol–water partition coefficient (Wildman–Crippen LogP) is 5.72. The van der Waals surface area contributed by atoms with Crippen LogP contribution in [0.25, 0.3) is 0 Å². The van der Waals surface area contributed by atoms with E-state index in [1.807, 2.05) is 0 Å². The minimum absolute atomic E-state index is 0.0931. The smallest absolute Gasteiger partial charge is 0.294 e. The highest BCUT2D eigenvalue weighted by molar-refractivity contribution is 8.01. The first-order valence-corrected chi connectivity index (χ1v) is 11.7. The average molecular weight is 474 g/mol. The fourth-order valence-electron chi connectivity index (χ4n) is 3.11. The van der Waals surface area contributed by atoms with Gasteiger partial charge in [-0.1, -0.05) is 41.4 Å². The van der Waals surface area contributed by atoms with Gasteiger partial charge in [0, 0.05) is 22.5 Å². The highest BCUT2D eigenvalue weighted by Crippen LogP contribution is 2.43. The van der Waals surface area contributed by atoms with Crippen molar-refractivity contribution in [1.82, 2.24) is 10.2 Å². The molecule has 0 atom stereocenters. The molecule has 0 saturated carbocycles. The van der Waals surface area contributed by atoms with Gasteiger partial charge >= 0.3 is 0 Å². The maximum Gasteiger partial charge on any atom is 0.294 e. The Hall–Kier alpha value is -1.32. The van der Waals surface area contributed by atoms with Crippen molar-refractivity contribution in [3.8, 4) is 0 Å². The summed E-state index contributed by atoms with van der Waals surface area (Å²) in [6.07, 6.45) is 4.64. The van der Waals surface area contributed by atoms with Crippen molar-refractivity contribution in [2.24, 2.45) is 0 Å². The fourth-order valence-corrected chi connectivity index (χ4v) is 5.84. The van der Waals surface area contributed by atoms with E-state index in [0.717, 1.165) is 49.2 Å². The van der Waals surface area contributed by atoms with Crippen LogP contribution in [-0.2, 0) is 0 Å². The van der Waals surface area contributed by atoms with Gasteiger partial charge in [0.1, 0.15) is 9.09 Å². The Morgan fingerprint density at radius 3 is 2.69 bits per heavy atom. The Morgan fingerprint density at radius 1 is 1.24 bits per heavy atom. The Bertz CT molecular complexity index is 886. The highest BCUT2D eigenvalue weighted by Gasteiger charge is 2.24. The third-order valence-electron chi connectivity index (χ3n) is 4.58. The molecule has 1 aliphatic heterocycles.